The molecule has 1 saturated carbocycles. The molecule has 0 aromatic carbocycles. The van der Waals surface area contributed by atoms with Gasteiger partial charge in [0.15, 0.2) is 0 Å². The standard InChI is InChI=1S/C13H25N3O3/c1-3-11(4-2)16(7-8-17)9-12(18)15-13(19)14-10-5-6-10/h10-11,17H,3-9H2,1-2H3,(H2,14,15,18,19). The van der Waals surface area contributed by atoms with Crippen LogP contribution in [-0.2, 0) is 4.79 Å². The van der Waals surface area contributed by atoms with Crippen molar-refractivity contribution in [1.29, 1.82) is 0 Å². The Morgan fingerprint density at radius 3 is 2.42 bits per heavy atom. The van der Waals surface area contributed by atoms with Crippen molar-refractivity contribution in [1.82, 2.24) is 15.5 Å². The molecule has 0 spiro atoms. The van der Waals surface area contributed by atoms with Gasteiger partial charge in [-0.2, -0.15) is 0 Å². The van der Waals surface area contributed by atoms with Crippen molar-refractivity contribution < 1.29 is 14.7 Å². The van der Waals surface area contributed by atoms with Gasteiger partial charge in [0.2, 0.25) is 5.91 Å². The van der Waals surface area contributed by atoms with Crippen LogP contribution in [0.2, 0.25) is 0 Å². The molecule has 1 aliphatic carbocycles. The highest BCUT2D eigenvalue weighted by molar-refractivity contribution is 5.95. The highest BCUT2D eigenvalue weighted by atomic mass is 16.3. The maximum absolute atomic E-state index is 11.8. The zero-order valence-electron chi connectivity index (χ0n) is 11.8. The minimum absolute atomic E-state index is 0.0120. The Hall–Kier alpha value is -1.14. The number of hydrogen-bond acceptors (Lipinski definition) is 4. The van der Waals surface area contributed by atoms with Crippen molar-refractivity contribution in [3.8, 4) is 0 Å². The van der Waals surface area contributed by atoms with Gasteiger partial charge < -0.3 is 10.4 Å². The fraction of sp³-hybridized carbons (Fsp3) is 0.846. The number of nitrogens with zero attached hydrogens (tertiary/aromatic N) is 1. The number of imide groups is 1. The van der Waals surface area contributed by atoms with E-state index in [9.17, 15) is 9.59 Å². The molecular formula is C13H25N3O3. The van der Waals surface area contributed by atoms with E-state index in [-0.39, 0.29) is 31.1 Å². The van der Waals surface area contributed by atoms with E-state index in [0.29, 0.717) is 6.54 Å². The Kier molecular flexibility index (Phi) is 6.80. The smallest absolute Gasteiger partial charge is 0.321 e. The number of carbonyl (C=O) groups excluding carboxylic acids is 2. The van der Waals surface area contributed by atoms with E-state index >= 15 is 0 Å². The molecule has 6 nitrogen and oxygen atoms in total. The van der Waals surface area contributed by atoms with Crippen molar-refractivity contribution in [2.45, 2.75) is 51.6 Å². The topological polar surface area (TPSA) is 81.7 Å². The molecule has 6 heteroatoms. The van der Waals surface area contributed by atoms with Gasteiger partial charge in [0.05, 0.1) is 13.2 Å². The normalized spacial score (nSPS) is 14.8. The van der Waals surface area contributed by atoms with Gasteiger partial charge in [0.1, 0.15) is 0 Å². The van der Waals surface area contributed by atoms with Crippen LogP contribution < -0.4 is 10.6 Å². The predicted octanol–water partition coefficient (Wildman–Crippen LogP) is 0.458. The van der Waals surface area contributed by atoms with E-state index in [0.717, 1.165) is 25.7 Å². The second-order valence-corrected chi connectivity index (χ2v) is 4.96. The zero-order valence-corrected chi connectivity index (χ0v) is 11.8. The first-order chi connectivity index (χ1) is 9.10. The van der Waals surface area contributed by atoms with Crippen LogP contribution in [0.1, 0.15) is 39.5 Å². The maximum atomic E-state index is 11.8. The summed E-state index contributed by atoms with van der Waals surface area (Å²) in [5.74, 6) is -0.321. The number of amides is 3. The monoisotopic (exact) mass is 271 g/mol. The molecule has 3 N–H and O–H groups in total. The lowest BCUT2D eigenvalue weighted by atomic mass is 10.1. The van der Waals surface area contributed by atoms with Crippen LogP contribution >= 0.6 is 0 Å². The van der Waals surface area contributed by atoms with Crippen LogP contribution in [-0.4, -0.2) is 53.7 Å². The number of aliphatic hydroxyl groups is 1. The molecule has 1 aliphatic rings. The Bertz CT molecular complexity index is 302. The van der Waals surface area contributed by atoms with Crippen molar-refractivity contribution in [3.05, 3.63) is 0 Å². The summed E-state index contributed by atoms with van der Waals surface area (Å²) in [5.41, 5.74) is 0. The summed E-state index contributed by atoms with van der Waals surface area (Å²) in [4.78, 5) is 25.1. The van der Waals surface area contributed by atoms with Crippen LogP contribution in [0.25, 0.3) is 0 Å². The molecule has 19 heavy (non-hydrogen) atoms. The number of rotatable bonds is 8. The van der Waals surface area contributed by atoms with Crippen LogP contribution in [0.5, 0.6) is 0 Å². The highest BCUT2D eigenvalue weighted by Crippen LogP contribution is 2.18. The van der Waals surface area contributed by atoms with Crippen molar-refractivity contribution in [3.63, 3.8) is 0 Å². The molecule has 0 heterocycles. The second kappa shape index (κ2) is 8.12. The fourth-order valence-electron chi connectivity index (χ4n) is 2.12. The molecule has 3 amide bonds. The summed E-state index contributed by atoms with van der Waals surface area (Å²) in [6, 6.07) is 0.0748. The largest absolute Gasteiger partial charge is 0.395 e. The third-order valence-corrected chi connectivity index (χ3v) is 3.36. The molecule has 0 saturated heterocycles. The van der Waals surface area contributed by atoms with Crippen LogP contribution in [0.3, 0.4) is 0 Å². The van der Waals surface area contributed by atoms with E-state index in [1.165, 1.54) is 0 Å². The summed E-state index contributed by atoms with van der Waals surface area (Å²) in [6.45, 7) is 4.71. The third kappa shape index (κ3) is 6.02. The first-order valence-electron chi connectivity index (χ1n) is 7.05. The SMILES string of the molecule is CCC(CC)N(CCO)CC(=O)NC(=O)NC1CC1. The molecule has 110 valence electrons. The molecular weight excluding hydrogens is 246 g/mol. The number of carbonyl (C=O) groups is 2. The third-order valence-electron chi connectivity index (χ3n) is 3.36. The van der Waals surface area contributed by atoms with Gasteiger partial charge in [-0.25, -0.2) is 4.79 Å². The van der Waals surface area contributed by atoms with E-state index < -0.39 is 6.03 Å². The number of nitrogens with one attached hydrogen (secondary N) is 2. The Balaban J connectivity index is 2.38. The first-order valence-corrected chi connectivity index (χ1v) is 7.05. The number of aliphatic hydroxyl groups excluding tert-OH is 1. The van der Waals surface area contributed by atoms with Gasteiger partial charge >= 0.3 is 6.03 Å². The van der Waals surface area contributed by atoms with E-state index in [1.807, 2.05) is 4.90 Å². The lowest BCUT2D eigenvalue weighted by molar-refractivity contribution is -0.121. The highest BCUT2D eigenvalue weighted by Gasteiger charge is 2.24. The average Bonchev–Trinajstić information content (AvgIpc) is 3.14. The van der Waals surface area contributed by atoms with Gasteiger partial charge in [-0.3, -0.25) is 15.0 Å². The van der Waals surface area contributed by atoms with Gasteiger partial charge in [-0.1, -0.05) is 13.8 Å². The molecule has 0 unspecified atom stereocenters. The summed E-state index contributed by atoms with van der Waals surface area (Å²) in [6.07, 6.45) is 3.81. The summed E-state index contributed by atoms with van der Waals surface area (Å²) in [7, 11) is 0. The van der Waals surface area contributed by atoms with Gasteiger partial charge in [-0.15, -0.1) is 0 Å². The summed E-state index contributed by atoms with van der Waals surface area (Å²) < 4.78 is 0. The van der Waals surface area contributed by atoms with Crippen molar-refractivity contribution in [2.24, 2.45) is 0 Å². The summed E-state index contributed by atoms with van der Waals surface area (Å²) >= 11 is 0. The zero-order chi connectivity index (χ0) is 14.3. The van der Waals surface area contributed by atoms with Crippen molar-refractivity contribution in [2.75, 3.05) is 19.7 Å². The van der Waals surface area contributed by atoms with Crippen LogP contribution in [0.4, 0.5) is 4.79 Å². The number of hydrogen-bond donors (Lipinski definition) is 3. The van der Waals surface area contributed by atoms with Gasteiger partial charge in [-0.05, 0) is 25.7 Å². The van der Waals surface area contributed by atoms with Crippen LogP contribution in [0, 0.1) is 0 Å². The predicted molar refractivity (Wildman–Crippen MR) is 72.7 cm³/mol. The quantitative estimate of drug-likeness (QED) is 0.599. The Morgan fingerprint density at radius 2 is 1.95 bits per heavy atom. The lowest BCUT2D eigenvalue weighted by Gasteiger charge is -2.28. The Morgan fingerprint density at radius 1 is 1.32 bits per heavy atom. The van der Waals surface area contributed by atoms with E-state index in [2.05, 4.69) is 24.5 Å². The second-order valence-electron chi connectivity index (χ2n) is 4.96. The number of urea groups is 1. The van der Waals surface area contributed by atoms with Crippen molar-refractivity contribution >= 4 is 11.9 Å². The minimum atomic E-state index is -0.416. The summed E-state index contributed by atoms with van der Waals surface area (Å²) in [5, 5.41) is 14.1. The lowest BCUT2D eigenvalue weighted by Crippen LogP contribution is -2.48. The molecule has 0 atom stereocenters. The Labute approximate surface area is 114 Å². The molecule has 0 bridgehead atoms. The first kappa shape index (κ1) is 15.9. The average molecular weight is 271 g/mol. The fourth-order valence-corrected chi connectivity index (χ4v) is 2.12. The molecule has 1 rings (SSSR count). The molecule has 0 aliphatic heterocycles. The van der Waals surface area contributed by atoms with E-state index in [4.69, 9.17) is 5.11 Å². The molecule has 0 aromatic heterocycles. The van der Waals surface area contributed by atoms with Gasteiger partial charge in [0, 0.05) is 18.6 Å². The van der Waals surface area contributed by atoms with Gasteiger partial charge in [0.25, 0.3) is 0 Å². The molecule has 0 radical (unpaired) electrons. The minimum Gasteiger partial charge on any atom is -0.395 e. The molecule has 0 aromatic rings. The van der Waals surface area contributed by atoms with E-state index in [1.54, 1.807) is 0 Å². The molecule has 1 fully saturated rings. The maximum Gasteiger partial charge on any atom is 0.321 e. The van der Waals surface area contributed by atoms with Crippen LogP contribution in [0.15, 0.2) is 0 Å².